The van der Waals surface area contributed by atoms with Crippen molar-refractivity contribution in [2.24, 2.45) is 0 Å². The van der Waals surface area contributed by atoms with E-state index in [4.69, 9.17) is 15.2 Å². The van der Waals surface area contributed by atoms with Crippen molar-refractivity contribution in [3.8, 4) is 0 Å². The number of nitrogens with two attached hydrogens (primary N) is 1. The summed E-state index contributed by atoms with van der Waals surface area (Å²) in [4.78, 5) is 23.9. The van der Waals surface area contributed by atoms with Gasteiger partial charge < -0.3 is 19.8 Å². The van der Waals surface area contributed by atoms with Gasteiger partial charge in [0.25, 0.3) is 5.56 Å². The van der Waals surface area contributed by atoms with Crippen LogP contribution in [0, 0.1) is 6.92 Å². The molecule has 19 heavy (non-hydrogen) atoms. The molecule has 0 amide bonds. The Morgan fingerprint density at radius 3 is 2.68 bits per heavy atom. The number of aromatic nitrogens is 1. The van der Waals surface area contributed by atoms with Crippen molar-refractivity contribution in [3.63, 3.8) is 0 Å². The Morgan fingerprint density at radius 2 is 2.11 bits per heavy atom. The molecule has 1 aliphatic heterocycles. The SMILES string of the molecule is COC(=O)c1cn(C2CCOCC2)c(=O)c(C)c1N. The summed E-state index contributed by atoms with van der Waals surface area (Å²) < 4.78 is 11.6. The third-order valence-corrected chi connectivity index (χ3v) is 3.51. The Labute approximate surface area is 111 Å². The summed E-state index contributed by atoms with van der Waals surface area (Å²) in [6.07, 6.45) is 3.01. The molecular formula is C13H18N2O4. The van der Waals surface area contributed by atoms with Crippen molar-refractivity contribution in [3.05, 3.63) is 27.7 Å². The average molecular weight is 266 g/mol. The second kappa shape index (κ2) is 5.44. The molecule has 0 bridgehead atoms. The molecule has 6 heteroatoms. The molecule has 6 nitrogen and oxygen atoms in total. The molecule has 2 rings (SSSR count). The number of nitrogen functional groups attached to an aromatic ring is 1. The summed E-state index contributed by atoms with van der Waals surface area (Å²) >= 11 is 0. The molecule has 2 N–H and O–H groups in total. The van der Waals surface area contributed by atoms with Crippen molar-refractivity contribution in [1.82, 2.24) is 4.57 Å². The van der Waals surface area contributed by atoms with E-state index in [1.54, 1.807) is 11.5 Å². The smallest absolute Gasteiger partial charge is 0.341 e. The zero-order valence-electron chi connectivity index (χ0n) is 11.1. The molecule has 1 aliphatic rings. The number of anilines is 1. The van der Waals surface area contributed by atoms with Gasteiger partial charge in [-0.2, -0.15) is 0 Å². The van der Waals surface area contributed by atoms with E-state index in [-0.39, 0.29) is 22.9 Å². The van der Waals surface area contributed by atoms with Crippen LogP contribution in [0.15, 0.2) is 11.0 Å². The number of carbonyl (C=O) groups is 1. The van der Waals surface area contributed by atoms with E-state index in [2.05, 4.69) is 0 Å². The molecule has 104 valence electrons. The lowest BCUT2D eigenvalue weighted by Crippen LogP contribution is -2.32. The van der Waals surface area contributed by atoms with Crippen LogP contribution in [0.25, 0.3) is 0 Å². The van der Waals surface area contributed by atoms with E-state index in [1.165, 1.54) is 13.3 Å². The van der Waals surface area contributed by atoms with Crippen LogP contribution in [0.5, 0.6) is 0 Å². The number of nitrogens with zero attached hydrogens (tertiary/aromatic N) is 1. The van der Waals surface area contributed by atoms with Gasteiger partial charge in [-0.15, -0.1) is 0 Å². The quantitative estimate of drug-likeness (QED) is 0.803. The van der Waals surface area contributed by atoms with Crippen LogP contribution in [-0.2, 0) is 9.47 Å². The molecule has 0 saturated carbocycles. The van der Waals surface area contributed by atoms with E-state index in [9.17, 15) is 9.59 Å². The fourth-order valence-electron chi connectivity index (χ4n) is 2.29. The van der Waals surface area contributed by atoms with Crippen molar-refractivity contribution >= 4 is 11.7 Å². The summed E-state index contributed by atoms with van der Waals surface area (Å²) in [5.74, 6) is -0.526. The summed E-state index contributed by atoms with van der Waals surface area (Å²) in [5, 5.41) is 0. The summed E-state index contributed by atoms with van der Waals surface area (Å²) in [5.41, 5.74) is 6.48. The molecule has 2 heterocycles. The molecule has 1 saturated heterocycles. The minimum Gasteiger partial charge on any atom is -0.465 e. The highest BCUT2D eigenvalue weighted by atomic mass is 16.5. The third-order valence-electron chi connectivity index (χ3n) is 3.51. The first kappa shape index (κ1) is 13.6. The number of ether oxygens (including phenoxy) is 2. The van der Waals surface area contributed by atoms with Gasteiger partial charge >= 0.3 is 5.97 Å². The van der Waals surface area contributed by atoms with Crippen LogP contribution in [0.2, 0.25) is 0 Å². The first-order valence-corrected chi connectivity index (χ1v) is 6.23. The van der Waals surface area contributed by atoms with Crippen LogP contribution >= 0.6 is 0 Å². The number of carbonyl (C=O) groups excluding carboxylic acids is 1. The molecule has 1 fully saturated rings. The van der Waals surface area contributed by atoms with Gasteiger partial charge in [0.05, 0.1) is 18.4 Å². The molecular weight excluding hydrogens is 248 g/mol. The van der Waals surface area contributed by atoms with Crippen molar-refractivity contribution < 1.29 is 14.3 Å². The normalized spacial score (nSPS) is 16.3. The van der Waals surface area contributed by atoms with Gasteiger partial charge in [-0.1, -0.05) is 0 Å². The standard InChI is InChI=1S/C13H18N2O4/c1-8-11(14)10(13(17)18-2)7-15(12(8)16)9-3-5-19-6-4-9/h7,9H,3-6,14H2,1-2H3. The first-order chi connectivity index (χ1) is 9.06. The van der Waals surface area contributed by atoms with Crippen molar-refractivity contribution in [1.29, 1.82) is 0 Å². The van der Waals surface area contributed by atoms with Gasteiger partial charge in [-0.05, 0) is 19.8 Å². The molecule has 0 aliphatic carbocycles. The predicted molar refractivity (Wildman–Crippen MR) is 70.3 cm³/mol. The van der Waals surface area contributed by atoms with Crippen LogP contribution < -0.4 is 11.3 Å². The Morgan fingerprint density at radius 1 is 1.47 bits per heavy atom. The highest BCUT2D eigenvalue weighted by Gasteiger charge is 2.22. The van der Waals surface area contributed by atoms with Gasteiger partial charge in [-0.25, -0.2) is 4.79 Å². The number of hydrogen-bond acceptors (Lipinski definition) is 5. The topological polar surface area (TPSA) is 83.5 Å². The fraction of sp³-hybridized carbons (Fsp3) is 0.538. The Bertz CT molecular complexity index is 544. The van der Waals surface area contributed by atoms with E-state index in [1.807, 2.05) is 0 Å². The van der Waals surface area contributed by atoms with Gasteiger partial charge in [0, 0.05) is 31.0 Å². The maximum atomic E-state index is 12.2. The molecule has 1 aromatic heterocycles. The zero-order valence-corrected chi connectivity index (χ0v) is 11.1. The van der Waals surface area contributed by atoms with E-state index >= 15 is 0 Å². The Balaban J connectivity index is 2.51. The van der Waals surface area contributed by atoms with Crippen LogP contribution in [-0.4, -0.2) is 30.9 Å². The van der Waals surface area contributed by atoms with Crippen molar-refractivity contribution in [2.45, 2.75) is 25.8 Å². The highest BCUT2D eigenvalue weighted by Crippen LogP contribution is 2.22. The number of esters is 1. The van der Waals surface area contributed by atoms with Crippen LogP contribution in [0.1, 0.15) is 34.8 Å². The van der Waals surface area contributed by atoms with E-state index in [0.29, 0.717) is 18.8 Å². The lowest BCUT2D eigenvalue weighted by Gasteiger charge is -2.25. The Hall–Kier alpha value is -1.82. The maximum absolute atomic E-state index is 12.2. The number of pyridine rings is 1. The van der Waals surface area contributed by atoms with Crippen LogP contribution in [0.4, 0.5) is 5.69 Å². The predicted octanol–water partition coefficient (Wildman–Crippen LogP) is 0.877. The van der Waals surface area contributed by atoms with Crippen LogP contribution in [0.3, 0.4) is 0 Å². The summed E-state index contributed by atoms with van der Waals surface area (Å²) in [6.45, 7) is 2.86. The average Bonchev–Trinajstić information content (AvgIpc) is 2.45. The largest absolute Gasteiger partial charge is 0.465 e. The van der Waals surface area contributed by atoms with Gasteiger partial charge in [-0.3, -0.25) is 4.79 Å². The number of methoxy groups -OCH3 is 1. The molecule has 0 atom stereocenters. The number of rotatable bonds is 2. The molecule has 1 aromatic rings. The molecule has 0 spiro atoms. The van der Waals surface area contributed by atoms with E-state index < -0.39 is 5.97 Å². The lowest BCUT2D eigenvalue weighted by atomic mass is 10.1. The maximum Gasteiger partial charge on any atom is 0.341 e. The zero-order chi connectivity index (χ0) is 14.0. The molecule has 0 unspecified atom stereocenters. The summed E-state index contributed by atoms with van der Waals surface area (Å²) in [7, 11) is 1.29. The monoisotopic (exact) mass is 266 g/mol. The minimum atomic E-state index is -0.526. The molecule has 0 aromatic carbocycles. The highest BCUT2D eigenvalue weighted by molar-refractivity contribution is 5.95. The number of hydrogen-bond donors (Lipinski definition) is 1. The fourth-order valence-corrected chi connectivity index (χ4v) is 2.29. The second-order valence-electron chi connectivity index (χ2n) is 4.63. The van der Waals surface area contributed by atoms with E-state index in [0.717, 1.165) is 12.8 Å². The first-order valence-electron chi connectivity index (χ1n) is 6.23. The second-order valence-corrected chi connectivity index (χ2v) is 4.63. The van der Waals surface area contributed by atoms with Gasteiger partial charge in [0.15, 0.2) is 0 Å². The lowest BCUT2D eigenvalue weighted by molar-refractivity contribution is 0.0596. The molecule has 0 radical (unpaired) electrons. The minimum absolute atomic E-state index is 0.0453. The Kier molecular flexibility index (Phi) is 3.90. The summed E-state index contributed by atoms with van der Waals surface area (Å²) in [6, 6.07) is 0.0453. The third kappa shape index (κ3) is 2.49. The van der Waals surface area contributed by atoms with Gasteiger partial charge in [0.2, 0.25) is 0 Å². The van der Waals surface area contributed by atoms with Gasteiger partial charge in [0.1, 0.15) is 0 Å². The van der Waals surface area contributed by atoms with Crippen molar-refractivity contribution in [2.75, 3.05) is 26.1 Å².